The summed E-state index contributed by atoms with van der Waals surface area (Å²) >= 11 is 0. The van der Waals surface area contributed by atoms with Crippen molar-refractivity contribution in [2.75, 3.05) is 26.2 Å². The molecule has 5 atom stereocenters. The summed E-state index contributed by atoms with van der Waals surface area (Å²) in [7, 11) is 0. The van der Waals surface area contributed by atoms with Crippen LogP contribution in [-0.4, -0.2) is 53.8 Å². The van der Waals surface area contributed by atoms with Gasteiger partial charge in [-0.2, -0.15) is 13.2 Å². The number of nitrogens with two attached hydrogens (primary N) is 1. The molecular formula is C34H38F3N3O2. The van der Waals surface area contributed by atoms with E-state index >= 15 is 0 Å². The van der Waals surface area contributed by atoms with Gasteiger partial charge in [0.1, 0.15) is 0 Å². The predicted molar refractivity (Wildman–Crippen MR) is 157 cm³/mol. The molecule has 0 radical (unpaired) electrons. The molecule has 2 N–H and O–H groups in total. The highest BCUT2D eigenvalue weighted by molar-refractivity contribution is 5.87. The lowest BCUT2D eigenvalue weighted by molar-refractivity contribution is -0.141. The fraction of sp³-hybridized carbons (Fsp3) is 0.412. The summed E-state index contributed by atoms with van der Waals surface area (Å²) in [5.41, 5.74) is 8.01. The second-order valence-electron chi connectivity index (χ2n) is 11.8. The molecule has 0 aliphatic carbocycles. The lowest BCUT2D eigenvalue weighted by atomic mass is 9.85. The fourth-order valence-electron chi connectivity index (χ4n) is 6.59. The summed E-state index contributed by atoms with van der Waals surface area (Å²) in [6, 6.07) is 25.4. The Labute approximate surface area is 245 Å². The first-order chi connectivity index (χ1) is 20.1. The fourth-order valence-corrected chi connectivity index (χ4v) is 6.59. The standard InChI is InChI=1S/C34H38F3N3O2/c1-23(32(38)41)31(18-24-12-14-29(15-13-24)34(35,36)37)33(42)40-21-28(26-10-6-3-7-11-26)19-30(40)22-39-17-16-27(20-39)25-8-4-2-5-9-25/h2-15,23,27-28,30-31H,16-22H2,1H3,(H2,38,41)/t23?,27?,28-,30-,31-/m0/s1. The van der Waals surface area contributed by atoms with Crippen LogP contribution in [0.1, 0.15) is 53.9 Å². The highest BCUT2D eigenvalue weighted by Crippen LogP contribution is 2.37. The molecule has 2 aliphatic rings. The Hall–Kier alpha value is -3.65. The largest absolute Gasteiger partial charge is 0.416 e. The minimum Gasteiger partial charge on any atom is -0.369 e. The van der Waals surface area contributed by atoms with Crippen LogP contribution in [0.15, 0.2) is 84.9 Å². The van der Waals surface area contributed by atoms with Crippen LogP contribution in [-0.2, 0) is 22.2 Å². The number of primary amides is 1. The lowest BCUT2D eigenvalue weighted by Gasteiger charge is -2.33. The number of amides is 2. The molecule has 0 spiro atoms. The van der Waals surface area contributed by atoms with Crippen LogP contribution in [0.25, 0.3) is 0 Å². The van der Waals surface area contributed by atoms with Gasteiger partial charge in [0.05, 0.1) is 11.5 Å². The SMILES string of the molecule is CC(C(N)=O)[C@H](Cc1ccc(C(F)(F)F)cc1)C(=O)N1C[C@@H](c2ccccc2)C[C@H]1CN1CCC(c2ccccc2)C1. The maximum Gasteiger partial charge on any atom is 0.416 e. The van der Waals surface area contributed by atoms with Crippen LogP contribution in [0.2, 0.25) is 0 Å². The summed E-state index contributed by atoms with van der Waals surface area (Å²) in [6.07, 6.45) is -2.44. The van der Waals surface area contributed by atoms with Crippen LogP contribution < -0.4 is 5.73 Å². The maximum atomic E-state index is 14.3. The number of hydrogen-bond acceptors (Lipinski definition) is 3. The molecule has 3 aromatic carbocycles. The molecule has 3 aromatic rings. The van der Waals surface area contributed by atoms with Gasteiger partial charge in [-0.05, 0) is 60.5 Å². The van der Waals surface area contributed by atoms with Crippen molar-refractivity contribution in [3.63, 3.8) is 0 Å². The molecule has 2 amide bonds. The number of halogens is 3. The second kappa shape index (κ2) is 12.7. The highest BCUT2D eigenvalue weighted by atomic mass is 19.4. The zero-order chi connectivity index (χ0) is 29.9. The van der Waals surface area contributed by atoms with Gasteiger partial charge in [0.15, 0.2) is 0 Å². The average Bonchev–Trinajstić information content (AvgIpc) is 3.64. The lowest BCUT2D eigenvalue weighted by Crippen LogP contribution is -2.48. The van der Waals surface area contributed by atoms with E-state index in [2.05, 4.69) is 41.3 Å². The van der Waals surface area contributed by atoms with E-state index in [0.717, 1.165) is 44.6 Å². The molecule has 0 aromatic heterocycles. The van der Waals surface area contributed by atoms with Crippen LogP contribution in [0.4, 0.5) is 13.2 Å². The molecule has 2 fully saturated rings. The Balaban J connectivity index is 1.37. The summed E-state index contributed by atoms with van der Waals surface area (Å²) in [5, 5.41) is 0. The number of rotatable bonds is 9. The monoisotopic (exact) mass is 577 g/mol. The van der Waals surface area contributed by atoms with Crippen molar-refractivity contribution < 1.29 is 22.8 Å². The molecular weight excluding hydrogens is 539 g/mol. The third-order valence-electron chi connectivity index (χ3n) is 9.09. The van der Waals surface area contributed by atoms with Crippen LogP contribution in [0, 0.1) is 11.8 Å². The smallest absolute Gasteiger partial charge is 0.369 e. The van der Waals surface area contributed by atoms with Gasteiger partial charge in [0.2, 0.25) is 11.8 Å². The summed E-state index contributed by atoms with van der Waals surface area (Å²) in [5.74, 6) is -1.70. The number of likely N-dealkylation sites (tertiary alicyclic amines) is 2. The van der Waals surface area contributed by atoms with Crippen molar-refractivity contribution in [3.8, 4) is 0 Å². The molecule has 2 aliphatic heterocycles. The normalized spacial score (nSPS) is 22.7. The molecule has 222 valence electrons. The van der Waals surface area contributed by atoms with Gasteiger partial charge in [-0.1, -0.05) is 79.7 Å². The van der Waals surface area contributed by atoms with E-state index in [1.807, 2.05) is 29.2 Å². The molecule has 0 saturated carbocycles. The molecule has 2 unspecified atom stereocenters. The predicted octanol–water partition coefficient (Wildman–Crippen LogP) is 5.86. The average molecular weight is 578 g/mol. The quantitative estimate of drug-likeness (QED) is 0.347. The van der Waals surface area contributed by atoms with Gasteiger partial charge in [-0.15, -0.1) is 0 Å². The zero-order valence-electron chi connectivity index (χ0n) is 23.8. The number of carbonyl (C=O) groups excluding carboxylic acids is 2. The third-order valence-corrected chi connectivity index (χ3v) is 9.09. The van der Waals surface area contributed by atoms with E-state index < -0.39 is 29.5 Å². The first kappa shape index (κ1) is 29.8. The second-order valence-corrected chi connectivity index (χ2v) is 11.8. The van der Waals surface area contributed by atoms with E-state index in [-0.39, 0.29) is 24.3 Å². The van der Waals surface area contributed by atoms with Gasteiger partial charge >= 0.3 is 6.18 Å². The summed E-state index contributed by atoms with van der Waals surface area (Å²) in [4.78, 5) is 31.0. The molecule has 2 heterocycles. The number of benzene rings is 3. The summed E-state index contributed by atoms with van der Waals surface area (Å²) in [6.45, 7) is 4.76. The van der Waals surface area contributed by atoms with Crippen molar-refractivity contribution in [2.24, 2.45) is 17.6 Å². The van der Waals surface area contributed by atoms with Gasteiger partial charge in [0.25, 0.3) is 0 Å². The van der Waals surface area contributed by atoms with Gasteiger partial charge in [-0.25, -0.2) is 0 Å². The van der Waals surface area contributed by atoms with Crippen molar-refractivity contribution >= 4 is 11.8 Å². The number of carbonyl (C=O) groups is 2. The summed E-state index contributed by atoms with van der Waals surface area (Å²) < 4.78 is 39.4. The maximum absolute atomic E-state index is 14.3. The molecule has 0 bridgehead atoms. The van der Waals surface area contributed by atoms with Crippen molar-refractivity contribution in [1.29, 1.82) is 0 Å². The third kappa shape index (κ3) is 6.86. The molecule has 8 heteroatoms. The molecule has 42 heavy (non-hydrogen) atoms. The highest BCUT2D eigenvalue weighted by Gasteiger charge is 2.42. The van der Waals surface area contributed by atoms with Crippen LogP contribution >= 0.6 is 0 Å². The van der Waals surface area contributed by atoms with Crippen molar-refractivity contribution in [1.82, 2.24) is 9.80 Å². The van der Waals surface area contributed by atoms with Gasteiger partial charge in [0, 0.05) is 37.5 Å². The first-order valence-corrected chi connectivity index (χ1v) is 14.7. The first-order valence-electron chi connectivity index (χ1n) is 14.7. The van der Waals surface area contributed by atoms with E-state index in [4.69, 9.17) is 5.73 Å². The Kier molecular flexibility index (Phi) is 9.02. The minimum absolute atomic E-state index is 0.0487. The van der Waals surface area contributed by atoms with E-state index in [0.29, 0.717) is 18.0 Å². The van der Waals surface area contributed by atoms with E-state index in [9.17, 15) is 22.8 Å². The Bertz CT molecular complexity index is 1350. The number of alkyl halides is 3. The topological polar surface area (TPSA) is 66.6 Å². The Morgan fingerprint density at radius 1 is 0.881 bits per heavy atom. The molecule has 5 nitrogen and oxygen atoms in total. The van der Waals surface area contributed by atoms with Gasteiger partial charge < -0.3 is 15.5 Å². The van der Waals surface area contributed by atoms with Crippen LogP contribution in [0.3, 0.4) is 0 Å². The Morgan fingerprint density at radius 2 is 1.48 bits per heavy atom. The molecule has 2 saturated heterocycles. The van der Waals surface area contributed by atoms with Crippen LogP contribution in [0.5, 0.6) is 0 Å². The number of hydrogen-bond donors (Lipinski definition) is 1. The zero-order valence-corrected chi connectivity index (χ0v) is 23.8. The molecule has 5 rings (SSSR count). The van der Waals surface area contributed by atoms with E-state index in [1.165, 1.54) is 23.3 Å². The van der Waals surface area contributed by atoms with Crippen molar-refractivity contribution in [3.05, 3.63) is 107 Å². The van der Waals surface area contributed by atoms with Gasteiger partial charge in [-0.3, -0.25) is 9.59 Å². The minimum atomic E-state index is -4.45. The number of nitrogens with zero attached hydrogens (tertiary/aromatic N) is 2. The van der Waals surface area contributed by atoms with E-state index in [1.54, 1.807) is 6.92 Å². The Morgan fingerprint density at radius 3 is 2.05 bits per heavy atom. The van der Waals surface area contributed by atoms with Crippen molar-refractivity contribution in [2.45, 2.75) is 50.2 Å².